The first-order valence-corrected chi connectivity index (χ1v) is 7.55. The van der Waals surface area contributed by atoms with Gasteiger partial charge in [-0.1, -0.05) is 12.1 Å². The molecular weight excluding hydrogens is 287 g/mol. The van der Waals surface area contributed by atoms with Gasteiger partial charge in [0.2, 0.25) is 0 Å². The van der Waals surface area contributed by atoms with Crippen molar-refractivity contribution in [2.45, 2.75) is 25.7 Å². The van der Waals surface area contributed by atoms with Crippen LogP contribution in [-0.2, 0) is 16.6 Å². The van der Waals surface area contributed by atoms with Gasteiger partial charge in [0.15, 0.2) is 4.96 Å². The molecule has 0 spiro atoms. The molecule has 0 amide bonds. The summed E-state index contributed by atoms with van der Waals surface area (Å²) in [6.45, 7) is 3.72. The van der Waals surface area contributed by atoms with E-state index >= 15 is 0 Å². The van der Waals surface area contributed by atoms with Crippen molar-refractivity contribution in [3.05, 3.63) is 59.1 Å². The van der Waals surface area contributed by atoms with E-state index in [1.54, 1.807) is 12.1 Å². The standard InChI is InChI=1S/C16H15FN2OS/c1-16(2,11-3-5-12(17)6-4-11)14(20)9-13-10-19-7-8-21-15(19)18-13/h3-8,10H,9H2,1-2H3. The highest BCUT2D eigenvalue weighted by Gasteiger charge is 2.30. The molecule has 108 valence electrons. The number of benzene rings is 1. The average Bonchev–Trinajstić information content (AvgIpc) is 3.00. The van der Waals surface area contributed by atoms with E-state index in [1.165, 1.54) is 23.5 Å². The minimum atomic E-state index is -0.662. The molecule has 0 saturated carbocycles. The number of ketones is 1. The van der Waals surface area contributed by atoms with Crippen molar-refractivity contribution in [1.82, 2.24) is 9.38 Å². The Morgan fingerprint density at radius 2 is 2.05 bits per heavy atom. The molecule has 3 rings (SSSR count). The fraction of sp³-hybridized carbons (Fsp3) is 0.250. The predicted octanol–water partition coefficient (Wildman–Crippen LogP) is 3.62. The van der Waals surface area contributed by atoms with Gasteiger partial charge < -0.3 is 0 Å². The first-order valence-electron chi connectivity index (χ1n) is 6.67. The predicted molar refractivity (Wildman–Crippen MR) is 81.2 cm³/mol. The van der Waals surface area contributed by atoms with Gasteiger partial charge in [0, 0.05) is 23.2 Å². The highest BCUT2D eigenvalue weighted by Crippen LogP contribution is 2.26. The summed E-state index contributed by atoms with van der Waals surface area (Å²) in [7, 11) is 0. The number of carbonyl (C=O) groups is 1. The Morgan fingerprint density at radius 3 is 2.71 bits per heavy atom. The van der Waals surface area contributed by atoms with Crippen LogP contribution in [0.15, 0.2) is 42.0 Å². The SMILES string of the molecule is CC(C)(C(=O)Cc1cn2ccsc2n1)c1ccc(F)cc1. The Morgan fingerprint density at radius 1 is 1.33 bits per heavy atom. The van der Waals surface area contributed by atoms with Gasteiger partial charge in [0.1, 0.15) is 11.6 Å². The van der Waals surface area contributed by atoms with E-state index < -0.39 is 5.41 Å². The molecule has 0 N–H and O–H groups in total. The quantitative estimate of drug-likeness (QED) is 0.737. The number of thiazole rings is 1. The third-order valence-corrected chi connectivity index (χ3v) is 4.52. The zero-order valence-electron chi connectivity index (χ0n) is 11.8. The highest BCUT2D eigenvalue weighted by atomic mass is 32.1. The smallest absolute Gasteiger partial charge is 0.193 e. The number of rotatable bonds is 4. The topological polar surface area (TPSA) is 34.4 Å². The van der Waals surface area contributed by atoms with E-state index in [-0.39, 0.29) is 18.0 Å². The fourth-order valence-corrected chi connectivity index (χ4v) is 2.99. The van der Waals surface area contributed by atoms with Crippen LogP contribution in [0.4, 0.5) is 4.39 Å². The largest absolute Gasteiger partial charge is 0.298 e. The molecule has 3 nitrogen and oxygen atoms in total. The summed E-state index contributed by atoms with van der Waals surface area (Å²) < 4.78 is 14.9. The Bertz CT molecular complexity index is 758. The lowest BCUT2D eigenvalue weighted by Gasteiger charge is -2.23. The van der Waals surface area contributed by atoms with E-state index in [0.29, 0.717) is 0 Å². The van der Waals surface area contributed by atoms with Gasteiger partial charge in [-0.05, 0) is 31.5 Å². The van der Waals surface area contributed by atoms with Crippen LogP contribution in [0.3, 0.4) is 0 Å². The molecule has 21 heavy (non-hydrogen) atoms. The lowest BCUT2D eigenvalue weighted by Crippen LogP contribution is -2.30. The van der Waals surface area contributed by atoms with Gasteiger partial charge in [-0.15, -0.1) is 11.3 Å². The summed E-state index contributed by atoms with van der Waals surface area (Å²) in [5.41, 5.74) is 0.919. The molecule has 0 saturated heterocycles. The van der Waals surface area contributed by atoms with E-state index in [2.05, 4.69) is 4.98 Å². The fourth-order valence-electron chi connectivity index (χ4n) is 2.27. The second-order valence-corrected chi connectivity index (χ2v) is 6.43. The Hall–Kier alpha value is -2.01. The summed E-state index contributed by atoms with van der Waals surface area (Å²) in [4.78, 5) is 17.9. The van der Waals surface area contributed by atoms with Crippen LogP contribution in [0.1, 0.15) is 25.1 Å². The van der Waals surface area contributed by atoms with Crippen LogP contribution in [0, 0.1) is 5.82 Å². The van der Waals surface area contributed by atoms with E-state index in [9.17, 15) is 9.18 Å². The minimum absolute atomic E-state index is 0.0693. The summed E-state index contributed by atoms with van der Waals surface area (Å²) in [6, 6.07) is 6.10. The molecule has 3 aromatic rings. The molecule has 2 heterocycles. The summed E-state index contributed by atoms with van der Waals surface area (Å²) in [5, 5.41) is 1.95. The van der Waals surface area contributed by atoms with E-state index in [0.717, 1.165) is 16.2 Å². The third kappa shape index (κ3) is 2.61. The van der Waals surface area contributed by atoms with Crippen LogP contribution in [-0.4, -0.2) is 15.2 Å². The third-order valence-electron chi connectivity index (χ3n) is 3.75. The van der Waals surface area contributed by atoms with E-state index in [4.69, 9.17) is 0 Å². The van der Waals surface area contributed by atoms with Crippen molar-refractivity contribution >= 4 is 22.1 Å². The molecule has 0 atom stereocenters. The number of imidazole rings is 1. The Balaban J connectivity index is 1.83. The monoisotopic (exact) mass is 302 g/mol. The maximum Gasteiger partial charge on any atom is 0.193 e. The van der Waals surface area contributed by atoms with Crippen LogP contribution < -0.4 is 0 Å². The van der Waals surface area contributed by atoms with E-state index in [1.807, 2.05) is 36.0 Å². The van der Waals surface area contributed by atoms with Crippen molar-refractivity contribution in [2.75, 3.05) is 0 Å². The molecule has 0 aliphatic rings. The zero-order chi connectivity index (χ0) is 15.0. The normalized spacial score (nSPS) is 12.0. The second kappa shape index (κ2) is 5.07. The molecule has 5 heteroatoms. The van der Waals surface area contributed by atoms with Crippen LogP contribution in [0.2, 0.25) is 0 Å². The van der Waals surface area contributed by atoms with Gasteiger partial charge >= 0.3 is 0 Å². The first kappa shape index (κ1) is 13.9. The molecule has 0 aliphatic carbocycles. The van der Waals surface area contributed by atoms with Gasteiger partial charge in [-0.25, -0.2) is 9.37 Å². The molecule has 0 aliphatic heterocycles. The molecule has 0 radical (unpaired) electrons. The molecule has 0 fully saturated rings. The van der Waals surface area contributed by atoms with Gasteiger partial charge in [0.05, 0.1) is 12.1 Å². The molecule has 1 aromatic carbocycles. The summed E-state index contributed by atoms with van der Waals surface area (Å²) in [5.74, 6) is -0.226. The number of fused-ring (bicyclic) bond motifs is 1. The number of carbonyl (C=O) groups excluding carboxylic acids is 1. The van der Waals surface area contributed by atoms with Crippen molar-refractivity contribution in [2.24, 2.45) is 0 Å². The van der Waals surface area contributed by atoms with Gasteiger partial charge in [0.25, 0.3) is 0 Å². The maximum atomic E-state index is 13.0. The Kier molecular flexibility index (Phi) is 3.37. The van der Waals surface area contributed by atoms with Gasteiger partial charge in [-0.3, -0.25) is 9.20 Å². The number of halogens is 1. The number of hydrogen-bond acceptors (Lipinski definition) is 3. The number of hydrogen-bond donors (Lipinski definition) is 0. The Labute approximate surface area is 126 Å². The lowest BCUT2D eigenvalue weighted by atomic mass is 9.79. The van der Waals surface area contributed by atoms with Crippen molar-refractivity contribution in [3.8, 4) is 0 Å². The van der Waals surface area contributed by atoms with Crippen LogP contribution in [0.25, 0.3) is 4.96 Å². The van der Waals surface area contributed by atoms with Crippen molar-refractivity contribution in [1.29, 1.82) is 0 Å². The number of aromatic nitrogens is 2. The number of nitrogens with zero attached hydrogens (tertiary/aromatic N) is 2. The summed E-state index contributed by atoms with van der Waals surface area (Å²) >= 11 is 1.54. The minimum Gasteiger partial charge on any atom is -0.298 e. The van der Waals surface area contributed by atoms with Crippen LogP contribution >= 0.6 is 11.3 Å². The summed E-state index contributed by atoms with van der Waals surface area (Å²) in [6.07, 6.45) is 4.08. The second-order valence-electron chi connectivity index (χ2n) is 5.56. The maximum absolute atomic E-state index is 13.0. The average molecular weight is 302 g/mol. The lowest BCUT2D eigenvalue weighted by molar-refractivity contribution is -0.122. The molecule has 0 bridgehead atoms. The molecule has 0 unspecified atom stereocenters. The zero-order valence-corrected chi connectivity index (χ0v) is 12.7. The van der Waals surface area contributed by atoms with Crippen molar-refractivity contribution < 1.29 is 9.18 Å². The van der Waals surface area contributed by atoms with Gasteiger partial charge in [-0.2, -0.15) is 0 Å². The van der Waals surface area contributed by atoms with Crippen LogP contribution in [0.5, 0.6) is 0 Å². The highest BCUT2D eigenvalue weighted by molar-refractivity contribution is 7.15. The van der Waals surface area contributed by atoms with Crippen molar-refractivity contribution in [3.63, 3.8) is 0 Å². The molecular formula is C16H15FN2OS. The molecule has 2 aromatic heterocycles. The first-order chi connectivity index (χ1) is 9.96. The number of Topliss-reactive ketones (excluding diaryl/α,β-unsaturated/α-hetero) is 1.